The van der Waals surface area contributed by atoms with Gasteiger partial charge in [-0.3, -0.25) is 14.3 Å². The number of rotatable bonds is 6. The third kappa shape index (κ3) is 4.61. The Kier molecular flexibility index (Phi) is 5.71. The van der Waals surface area contributed by atoms with Crippen LogP contribution in [0.2, 0.25) is 0 Å². The zero-order valence-corrected chi connectivity index (χ0v) is 19.5. The zero-order valence-electron chi connectivity index (χ0n) is 18.7. The van der Waals surface area contributed by atoms with E-state index < -0.39 is 15.7 Å². The standard InChI is InChI=1S/C23H24N4O5S/c1-14(2)27-13-19-18(23(27)29)11-15(22(28)24-21-9-10-26(3)25-21)12-20(19)32-16-5-7-17(8-6-16)33(4,30)31/h5-12,14H,13H2,1-4H3,(H,24,25,28). The van der Waals surface area contributed by atoms with Gasteiger partial charge < -0.3 is 15.0 Å². The molecule has 1 aromatic heterocycles. The highest BCUT2D eigenvalue weighted by Gasteiger charge is 2.33. The largest absolute Gasteiger partial charge is 0.457 e. The molecule has 0 bridgehead atoms. The summed E-state index contributed by atoms with van der Waals surface area (Å²) >= 11 is 0. The van der Waals surface area contributed by atoms with E-state index in [-0.39, 0.29) is 22.4 Å². The number of benzene rings is 2. The lowest BCUT2D eigenvalue weighted by Crippen LogP contribution is -2.30. The number of aryl methyl sites for hydroxylation is 1. The van der Waals surface area contributed by atoms with E-state index >= 15 is 0 Å². The second-order valence-electron chi connectivity index (χ2n) is 8.20. The summed E-state index contributed by atoms with van der Waals surface area (Å²) in [6.07, 6.45) is 2.84. The van der Waals surface area contributed by atoms with Crippen LogP contribution in [0.3, 0.4) is 0 Å². The van der Waals surface area contributed by atoms with Gasteiger partial charge in [0.25, 0.3) is 11.8 Å². The minimum atomic E-state index is -3.34. The van der Waals surface area contributed by atoms with Crippen molar-refractivity contribution in [3.63, 3.8) is 0 Å². The first-order valence-corrected chi connectivity index (χ1v) is 12.2. The second-order valence-corrected chi connectivity index (χ2v) is 10.2. The Hall–Kier alpha value is -3.66. The molecule has 0 spiro atoms. The van der Waals surface area contributed by atoms with E-state index in [9.17, 15) is 18.0 Å². The lowest BCUT2D eigenvalue weighted by atomic mass is 10.0. The van der Waals surface area contributed by atoms with Crippen molar-refractivity contribution in [3.05, 3.63) is 65.4 Å². The molecule has 3 aromatic rings. The van der Waals surface area contributed by atoms with Crippen molar-refractivity contribution >= 4 is 27.5 Å². The molecule has 172 valence electrons. The maximum atomic E-state index is 13.0. The van der Waals surface area contributed by atoms with E-state index in [1.54, 1.807) is 53.2 Å². The number of aromatic nitrogens is 2. The molecular formula is C23H24N4O5S. The molecule has 0 radical (unpaired) electrons. The van der Waals surface area contributed by atoms with Gasteiger partial charge in [-0.05, 0) is 50.2 Å². The fourth-order valence-corrected chi connectivity index (χ4v) is 4.22. The van der Waals surface area contributed by atoms with Crippen LogP contribution < -0.4 is 10.1 Å². The highest BCUT2D eigenvalue weighted by molar-refractivity contribution is 7.90. The molecule has 0 fully saturated rings. The summed E-state index contributed by atoms with van der Waals surface area (Å²) in [5, 5.41) is 6.86. The molecule has 2 aromatic carbocycles. The fourth-order valence-electron chi connectivity index (χ4n) is 3.59. The number of ether oxygens (including phenoxy) is 1. The maximum Gasteiger partial charge on any atom is 0.257 e. The van der Waals surface area contributed by atoms with Gasteiger partial charge in [0.05, 0.1) is 11.4 Å². The zero-order chi connectivity index (χ0) is 23.9. The highest BCUT2D eigenvalue weighted by Crippen LogP contribution is 2.36. The van der Waals surface area contributed by atoms with Crippen LogP contribution in [-0.2, 0) is 23.4 Å². The average molecular weight is 469 g/mol. The van der Waals surface area contributed by atoms with Crippen molar-refractivity contribution in [1.29, 1.82) is 0 Å². The third-order valence-corrected chi connectivity index (χ3v) is 6.48. The molecule has 1 aliphatic heterocycles. The average Bonchev–Trinajstić information content (AvgIpc) is 3.30. The quantitative estimate of drug-likeness (QED) is 0.595. The number of hydrogen-bond acceptors (Lipinski definition) is 6. The molecule has 0 atom stereocenters. The van der Waals surface area contributed by atoms with Gasteiger partial charge in [-0.25, -0.2) is 8.42 Å². The van der Waals surface area contributed by atoms with Gasteiger partial charge in [0.15, 0.2) is 15.7 Å². The number of amides is 2. The number of fused-ring (bicyclic) bond motifs is 1. The topological polar surface area (TPSA) is 111 Å². The monoisotopic (exact) mass is 468 g/mol. The van der Waals surface area contributed by atoms with Crippen LogP contribution in [0.15, 0.2) is 53.6 Å². The molecule has 1 N–H and O–H groups in total. The molecule has 1 aliphatic rings. The van der Waals surface area contributed by atoms with Crippen molar-refractivity contribution in [3.8, 4) is 11.5 Å². The Labute approximate surface area is 191 Å². The minimum Gasteiger partial charge on any atom is -0.457 e. The van der Waals surface area contributed by atoms with Crippen molar-refractivity contribution in [1.82, 2.24) is 14.7 Å². The van der Waals surface area contributed by atoms with Gasteiger partial charge in [-0.15, -0.1) is 0 Å². The summed E-state index contributed by atoms with van der Waals surface area (Å²) in [4.78, 5) is 27.8. The van der Waals surface area contributed by atoms with Crippen molar-refractivity contribution in [2.45, 2.75) is 31.3 Å². The molecule has 0 aliphatic carbocycles. The smallest absolute Gasteiger partial charge is 0.257 e. The lowest BCUT2D eigenvalue weighted by molar-refractivity contribution is 0.0730. The normalized spacial score (nSPS) is 13.4. The fraction of sp³-hybridized carbons (Fsp3) is 0.261. The Morgan fingerprint density at radius 3 is 2.42 bits per heavy atom. The first-order chi connectivity index (χ1) is 15.5. The van der Waals surface area contributed by atoms with Gasteiger partial charge in [0, 0.05) is 48.3 Å². The predicted octanol–water partition coefficient (Wildman–Crippen LogP) is 3.23. The van der Waals surface area contributed by atoms with E-state index in [4.69, 9.17) is 4.74 Å². The maximum absolute atomic E-state index is 13.0. The molecular weight excluding hydrogens is 444 g/mol. The first-order valence-electron chi connectivity index (χ1n) is 10.3. The molecule has 0 saturated carbocycles. The van der Waals surface area contributed by atoms with Gasteiger partial charge >= 0.3 is 0 Å². The SMILES string of the molecule is CC(C)N1Cc2c(Oc3ccc(S(C)(=O)=O)cc3)cc(C(=O)Nc3ccn(C)n3)cc2C1=O. The van der Waals surface area contributed by atoms with Crippen LogP contribution in [-0.4, -0.2) is 47.2 Å². The Morgan fingerprint density at radius 2 is 1.85 bits per heavy atom. The summed E-state index contributed by atoms with van der Waals surface area (Å²) < 4.78 is 31.1. The molecule has 0 saturated heterocycles. The first kappa shape index (κ1) is 22.5. The Balaban J connectivity index is 1.71. The molecule has 2 amide bonds. The van der Waals surface area contributed by atoms with E-state index in [0.29, 0.717) is 35.0 Å². The van der Waals surface area contributed by atoms with Crippen LogP contribution >= 0.6 is 0 Å². The third-order valence-electron chi connectivity index (χ3n) is 5.35. The van der Waals surface area contributed by atoms with Crippen LogP contribution in [0.1, 0.15) is 40.1 Å². The van der Waals surface area contributed by atoms with Crippen molar-refractivity contribution < 1.29 is 22.7 Å². The minimum absolute atomic E-state index is 0.0300. The molecule has 0 unspecified atom stereocenters. The van der Waals surface area contributed by atoms with E-state index in [1.807, 2.05) is 13.8 Å². The Morgan fingerprint density at radius 1 is 1.15 bits per heavy atom. The number of nitrogens with one attached hydrogen (secondary N) is 1. The van der Waals surface area contributed by atoms with E-state index in [1.165, 1.54) is 12.1 Å². The number of hydrogen-bond donors (Lipinski definition) is 1. The number of carbonyl (C=O) groups is 2. The second kappa shape index (κ2) is 8.36. The summed E-state index contributed by atoms with van der Waals surface area (Å²) in [7, 11) is -1.60. The summed E-state index contributed by atoms with van der Waals surface area (Å²) in [6.45, 7) is 4.19. The van der Waals surface area contributed by atoms with Gasteiger partial charge in [0.1, 0.15) is 11.5 Å². The lowest BCUT2D eigenvalue weighted by Gasteiger charge is -2.20. The van der Waals surface area contributed by atoms with Crippen LogP contribution in [0.4, 0.5) is 5.82 Å². The van der Waals surface area contributed by atoms with E-state index in [0.717, 1.165) is 6.26 Å². The van der Waals surface area contributed by atoms with Crippen LogP contribution in [0.5, 0.6) is 11.5 Å². The Bertz CT molecular complexity index is 1340. The van der Waals surface area contributed by atoms with Crippen molar-refractivity contribution in [2.24, 2.45) is 7.05 Å². The van der Waals surface area contributed by atoms with Gasteiger partial charge in [-0.2, -0.15) is 5.10 Å². The number of nitrogens with zero attached hydrogens (tertiary/aromatic N) is 3. The van der Waals surface area contributed by atoms with Gasteiger partial charge in [-0.1, -0.05) is 0 Å². The number of sulfone groups is 1. The summed E-state index contributed by atoms with van der Waals surface area (Å²) in [5.74, 6) is 0.538. The van der Waals surface area contributed by atoms with E-state index in [2.05, 4.69) is 10.4 Å². The predicted molar refractivity (Wildman–Crippen MR) is 122 cm³/mol. The summed E-state index contributed by atoms with van der Waals surface area (Å²) in [5.41, 5.74) is 1.33. The van der Waals surface area contributed by atoms with Crippen molar-refractivity contribution in [2.75, 3.05) is 11.6 Å². The molecule has 2 heterocycles. The molecule has 4 rings (SSSR count). The molecule has 9 nitrogen and oxygen atoms in total. The van der Waals surface area contributed by atoms with Crippen LogP contribution in [0, 0.1) is 0 Å². The van der Waals surface area contributed by atoms with Crippen LogP contribution in [0.25, 0.3) is 0 Å². The molecule has 10 heteroatoms. The van der Waals surface area contributed by atoms with Gasteiger partial charge in [0.2, 0.25) is 0 Å². The summed E-state index contributed by atoms with van der Waals surface area (Å²) in [6, 6.07) is 10.8. The number of carbonyl (C=O) groups excluding carboxylic acids is 2. The molecule has 33 heavy (non-hydrogen) atoms. The number of anilines is 1. The highest BCUT2D eigenvalue weighted by atomic mass is 32.2.